The van der Waals surface area contributed by atoms with Crippen LogP contribution in [0.5, 0.6) is 11.5 Å². The van der Waals surface area contributed by atoms with Gasteiger partial charge in [-0.3, -0.25) is 9.80 Å². The number of likely N-dealkylation sites (tertiary alicyclic amines) is 2. The molecule has 0 radical (unpaired) electrons. The normalized spacial score (nSPS) is 22.1. The number of ether oxygens (including phenoxy) is 2. The summed E-state index contributed by atoms with van der Waals surface area (Å²) in [4.78, 5) is 7.43. The van der Waals surface area contributed by atoms with Crippen LogP contribution in [0.2, 0.25) is 0 Å². The molecule has 0 aromatic heterocycles. The van der Waals surface area contributed by atoms with Crippen LogP contribution in [-0.2, 0) is 6.54 Å². The quantitative estimate of drug-likeness (QED) is 0.710. The number of rotatable bonds is 8. The minimum Gasteiger partial charge on any atom is -0.493 e. The first-order chi connectivity index (χ1) is 12.7. The maximum Gasteiger partial charge on any atom is 0.165 e. The van der Waals surface area contributed by atoms with Gasteiger partial charge in [-0.1, -0.05) is 18.6 Å². The predicted molar refractivity (Wildman–Crippen MR) is 106 cm³/mol. The number of benzene rings is 1. The van der Waals surface area contributed by atoms with E-state index >= 15 is 0 Å². The van der Waals surface area contributed by atoms with Crippen LogP contribution in [0, 0.1) is 0 Å². The first-order valence-corrected chi connectivity index (χ1v) is 10.1. The summed E-state index contributed by atoms with van der Waals surface area (Å²) < 4.78 is 11.7. The standard InChI is InChI=1S/C21H35N3O2/c1-22(2)14-15-26-21-18(8-7-9-20(21)25-3)16-23-13-10-19(17-23)24-11-5-4-6-12-24/h7-9,19H,4-6,10-17H2,1-3H3/t19-/m0/s1. The van der Waals surface area contributed by atoms with Crippen molar-refractivity contribution in [1.29, 1.82) is 0 Å². The van der Waals surface area contributed by atoms with E-state index in [0.717, 1.165) is 30.6 Å². The number of hydrogen-bond acceptors (Lipinski definition) is 5. The molecule has 2 heterocycles. The van der Waals surface area contributed by atoms with Crippen molar-refractivity contribution in [2.75, 3.05) is 60.5 Å². The average molecular weight is 362 g/mol. The lowest BCUT2D eigenvalue weighted by Crippen LogP contribution is -2.40. The van der Waals surface area contributed by atoms with E-state index in [1.54, 1.807) is 7.11 Å². The molecule has 2 fully saturated rings. The van der Waals surface area contributed by atoms with Gasteiger partial charge in [0.05, 0.1) is 7.11 Å². The van der Waals surface area contributed by atoms with Gasteiger partial charge in [-0.25, -0.2) is 0 Å². The first-order valence-electron chi connectivity index (χ1n) is 10.1. The SMILES string of the molecule is COc1cccc(CN2CC[C@H](N3CCCCC3)C2)c1OCCN(C)C. The van der Waals surface area contributed by atoms with E-state index < -0.39 is 0 Å². The Morgan fingerprint density at radius 2 is 1.92 bits per heavy atom. The van der Waals surface area contributed by atoms with Crippen molar-refractivity contribution in [2.45, 2.75) is 38.3 Å². The number of hydrogen-bond donors (Lipinski definition) is 0. The van der Waals surface area contributed by atoms with E-state index in [2.05, 4.69) is 40.9 Å². The maximum absolute atomic E-state index is 6.12. The van der Waals surface area contributed by atoms with Gasteiger partial charge in [0.25, 0.3) is 0 Å². The fourth-order valence-electron chi connectivity index (χ4n) is 4.12. The van der Waals surface area contributed by atoms with Crippen LogP contribution < -0.4 is 9.47 Å². The molecule has 0 amide bonds. The van der Waals surface area contributed by atoms with Crippen molar-refractivity contribution in [2.24, 2.45) is 0 Å². The van der Waals surface area contributed by atoms with E-state index in [1.807, 2.05) is 6.07 Å². The van der Waals surface area contributed by atoms with Gasteiger partial charge in [-0.2, -0.15) is 0 Å². The summed E-state index contributed by atoms with van der Waals surface area (Å²) in [6, 6.07) is 6.99. The second kappa shape index (κ2) is 9.58. The highest BCUT2D eigenvalue weighted by Gasteiger charge is 2.29. The molecule has 0 bridgehead atoms. The zero-order valence-corrected chi connectivity index (χ0v) is 16.7. The summed E-state index contributed by atoms with van der Waals surface area (Å²) in [6.07, 6.45) is 5.44. The maximum atomic E-state index is 6.12. The number of para-hydroxylation sites is 1. The minimum absolute atomic E-state index is 0.677. The Morgan fingerprint density at radius 3 is 2.65 bits per heavy atom. The van der Waals surface area contributed by atoms with Crippen LogP contribution in [-0.4, -0.2) is 81.3 Å². The number of piperidine rings is 1. The molecule has 1 aromatic carbocycles. The summed E-state index contributed by atoms with van der Waals surface area (Å²) in [5.41, 5.74) is 1.24. The fourth-order valence-corrected chi connectivity index (χ4v) is 4.12. The van der Waals surface area contributed by atoms with E-state index in [1.165, 1.54) is 57.4 Å². The Kier molecular flexibility index (Phi) is 7.17. The molecule has 3 rings (SSSR count). The van der Waals surface area contributed by atoms with Gasteiger partial charge >= 0.3 is 0 Å². The Labute approximate surface area is 158 Å². The second-order valence-corrected chi connectivity index (χ2v) is 7.87. The van der Waals surface area contributed by atoms with Gasteiger partial charge in [-0.15, -0.1) is 0 Å². The molecule has 0 saturated carbocycles. The third kappa shape index (κ3) is 5.12. The highest BCUT2D eigenvalue weighted by atomic mass is 16.5. The summed E-state index contributed by atoms with van der Waals surface area (Å²) in [6.45, 7) is 7.45. The van der Waals surface area contributed by atoms with Crippen LogP contribution in [0.15, 0.2) is 18.2 Å². The fraction of sp³-hybridized carbons (Fsp3) is 0.714. The lowest BCUT2D eigenvalue weighted by atomic mass is 10.1. The highest BCUT2D eigenvalue weighted by Crippen LogP contribution is 2.33. The van der Waals surface area contributed by atoms with Crippen molar-refractivity contribution < 1.29 is 9.47 Å². The van der Waals surface area contributed by atoms with Crippen molar-refractivity contribution >= 4 is 0 Å². The van der Waals surface area contributed by atoms with Crippen LogP contribution in [0.1, 0.15) is 31.2 Å². The molecule has 0 spiro atoms. The Morgan fingerprint density at radius 1 is 1.12 bits per heavy atom. The molecular formula is C21H35N3O2. The summed E-state index contributed by atoms with van der Waals surface area (Å²) in [7, 11) is 5.86. The summed E-state index contributed by atoms with van der Waals surface area (Å²) in [5, 5.41) is 0. The molecule has 2 saturated heterocycles. The molecule has 0 aliphatic carbocycles. The third-order valence-corrected chi connectivity index (χ3v) is 5.61. The molecule has 2 aliphatic rings. The molecule has 5 heteroatoms. The van der Waals surface area contributed by atoms with Crippen molar-refractivity contribution in [3.05, 3.63) is 23.8 Å². The molecule has 0 N–H and O–H groups in total. The van der Waals surface area contributed by atoms with E-state index in [-0.39, 0.29) is 0 Å². The second-order valence-electron chi connectivity index (χ2n) is 7.87. The zero-order chi connectivity index (χ0) is 18.4. The number of nitrogens with zero attached hydrogens (tertiary/aromatic N) is 3. The van der Waals surface area contributed by atoms with E-state index in [9.17, 15) is 0 Å². The Balaban J connectivity index is 1.61. The molecule has 26 heavy (non-hydrogen) atoms. The van der Waals surface area contributed by atoms with Crippen molar-refractivity contribution in [1.82, 2.24) is 14.7 Å². The van der Waals surface area contributed by atoms with Gasteiger partial charge in [0, 0.05) is 37.8 Å². The number of likely N-dealkylation sites (N-methyl/N-ethyl adjacent to an activating group) is 1. The van der Waals surface area contributed by atoms with Crippen molar-refractivity contribution in [3.8, 4) is 11.5 Å². The lowest BCUT2D eigenvalue weighted by Gasteiger charge is -2.32. The summed E-state index contributed by atoms with van der Waals surface area (Å²) in [5.74, 6) is 1.76. The highest BCUT2D eigenvalue weighted by molar-refractivity contribution is 5.46. The molecular weight excluding hydrogens is 326 g/mol. The Hall–Kier alpha value is -1.30. The first kappa shape index (κ1) is 19.5. The van der Waals surface area contributed by atoms with Crippen LogP contribution >= 0.6 is 0 Å². The van der Waals surface area contributed by atoms with Gasteiger partial charge in [-0.05, 0) is 52.5 Å². The van der Waals surface area contributed by atoms with E-state index in [4.69, 9.17) is 9.47 Å². The van der Waals surface area contributed by atoms with Crippen LogP contribution in [0.3, 0.4) is 0 Å². The van der Waals surface area contributed by atoms with Crippen LogP contribution in [0.25, 0.3) is 0 Å². The van der Waals surface area contributed by atoms with Crippen molar-refractivity contribution in [3.63, 3.8) is 0 Å². The minimum atomic E-state index is 0.677. The molecule has 2 aliphatic heterocycles. The molecule has 1 aromatic rings. The topological polar surface area (TPSA) is 28.2 Å². The van der Waals surface area contributed by atoms with Gasteiger partial charge in [0.2, 0.25) is 0 Å². The monoisotopic (exact) mass is 361 g/mol. The predicted octanol–water partition coefficient (Wildman–Crippen LogP) is 2.70. The van der Waals surface area contributed by atoms with Gasteiger partial charge in [0.1, 0.15) is 6.61 Å². The smallest absolute Gasteiger partial charge is 0.165 e. The molecule has 146 valence electrons. The Bertz CT molecular complexity index is 558. The van der Waals surface area contributed by atoms with Gasteiger partial charge in [0.15, 0.2) is 11.5 Å². The van der Waals surface area contributed by atoms with Gasteiger partial charge < -0.3 is 14.4 Å². The summed E-state index contributed by atoms with van der Waals surface area (Å²) >= 11 is 0. The lowest BCUT2D eigenvalue weighted by molar-refractivity contribution is 0.161. The number of methoxy groups -OCH3 is 1. The largest absolute Gasteiger partial charge is 0.493 e. The average Bonchev–Trinajstić information content (AvgIpc) is 3.12. The molecule has 0 unspecified atom stereocenters. The third-order valence-electron chi connectivity index (χ3n) is 5.61. The molecule has 1 atom stereocenters. The zero-order valence-electron chi connectivity index (χ0n) is 16.7. The molecule has 5 nitrogen and oxygen atoms in total. The van der Waals surface area contributed by atoms with E-state index in [0.29, 0.717) is 6.61 Å². The van der Waals surface area contributed by atoms with Crippen LogP contribution in [0.4, 0.5) is 0 Å².